The maximum atomic E-state index is 4.46. The first-order valence-corrected chi connectivity index (χ1v) is 5.71. The monoisotopic (exact) mass is 275 g/mol. The van der Waals surface area contributed by atoms with Gasteiger partial charge in [-0.15, -0.1) is 0 Å². The van der Waals surface area contributed by atoms with E-state index in [1.165, 1.54) is 0 Å². The van der Waals surface area contributed by atoms with Crippen molar-refractivity contribution in [2.45, 2.75) is 0 Å². The van der Waals surface area contributed by atoms with E-state index in [1.54, 1.807) is 18.6 Å². The molecule has 0 fully saturated rings. The summed E-state index contributed by atoms with van der Waals surface area (Å²) in [5, 5.41) is 0. The van der Waals surface area contributed by atoms with Crippen LogP contribution in [0.4, 0.5) is 0 Å². The SMILES string of the molecule is [CaH2].c1cncc(-c2cccnc2-c2cccnc2)c1. The average Bonchev–Trinajstić information content (AvgIpc) is 2.49. The molecule has 0 unspecified atom stereocenters. The van der Waals surface area contributed by atoms with Crippen molar-refractivity contribution in [2.24, 2.45) is 0 Å². The maximum Gasteiger partial charge on any atom is 0.0796 e. The zero-order valence-electron chi connectivity index (χ0n) is 9.69. The number of hydrogen-bond donors (Lipinski definition) is 0. The number of nitrogens with zero attached hydrogens (tertiary/aromatic N) is 3. The predicted octanol–water partition coefficient (Wildman–Crippen LogP) is 2.29. The Morgan fingerprint density at radius 2 is 1.32 bits per heavy atom. The molecule has 0 N–H and O–H groups in total. The first-order chi connectivity index (χ1) is 8.95. The number of aromatic nitrogens is 3. The molecule has 0 bridgehead atoms. The van der Waals surface area contributed by atoms with E-state index >= 15 is 0 Å². The van der Waals surface area contributed by atoms with Gasteiger partial charge in [0.2, 0.25) is 0 Å². The van der Waals surface area contributed by atoms with Crippen LogP contribution >= 0.6 is 0 Å². The van der Waals surface area contributed by atoms with E-state index in [2.05, 4.69) is 15.0 Å². The normalized spacial score (nSPS) is 9.68. The molecule has 3 nitrogen and oxygen atoms in total. The molecule has 90 valence electrons. The summed E-state index contributed by atoms with van der Waals surface area (Å²) in [6, 6.07) is 11.9. The number of hydrogen-bond acceptors (Lipinski definition) is 3. The molecule has 0 radical (unpaired) electrons. The third-order valence-electron chi connectivity index (χ3n) is 2.72. The summed E-state index contributed by atoms with van der Waals surface area (Å²) in [6.07, 6.45) is 8.99. The summed E-state index contributed by atoms with van der Waals surface area (Å²) in [5.74, 6) is 0. The van der Waals surface area contributed by atoms with Crippen molar-refractivity contribution in [2.75, 3.05) is 0 Å². The predicted molar refractivity (Wildman–Crippen MR) is 79.2 cm³/mol. The Bertz CT molecular complexity index is 583. The van der Waals surface area contributed by atoms with Gasteiger partial charge in [-0.3, -0.25) is 15.0 Å². The second-order valence-corrected chi connectivity index (χ2v) is 3.88. The third kappa shape index (κ3) is 3.18. The van der Waals surface area contributed by atoms with Crippen molar-refractivity contribution in [3.8, 4) is 22.4 Å². The molecule has 0 aliphatic carbocycles. The largest absolute Gasteiger partial charge is 0.264 e. The molecule has 0 aliphatic rings. The molecule has 3 aromatic rings. The topological polar surface area (TPSA) is 38.7 Å². The van der Waals surface area contributed by atoms with Crippen molar-refractivity contribution in [1.82, 2.24) is 15.0 Å². The third-order valence-corrected chi connectivity index (χ3v) is 2.72. The fourth-order valence-corrected chi connectivity index (χ4v) is 1.89. The van der Waals surface area contributed by atoms with Crippen LogP contribution in [0, 0.1) is 0 Å². The summed E-state index contributed by atoms with van der Waals surface area (Å²) >= 11 is 0. The van der Waals surface area contributed by atoms with Crippen molar-refractivity contribution in [3.63, 3.8) is 0 Å². The molecule has 0 saturated carbocycles. The molecule has 19 heavy (non-hydrogen) atoms. The van der Waals surface area contributed by atoms with Crippen molar-refractivity contribution >= 4 is 37.7 Å². The Morgan fingerprint density at radius 1 is 0.684 bits per heavy atom. The van der Waals surface area contributed by atoms with Gasteiger partial charge in [0.15, 0.2) is 0 Å². The summed E-state index contributed by atoms with van der Waals surface area (Å²) in [6.45, 7) is 0. The minimum Gasteiger partial charge on any atom is -0.264 e. The molecule has 0 aliphatic heterocycles. The number of pyridine rings is 3. The summed E-state index contributed by atoms with van der Waals surface area (Å²) < 4.78 is 0. The Hall–Kier alpha value is -1.29. The molecule has 4 heteroatoms. The van der Waals surface area contributed by atoms with Gasteiger partial charge in [-0.2, -0.15) is 0 Å². The van der Waals surface area contributed by atoms with Gasteiger partial charge >= 0.3 is 37.7 Å². The summed E-state index contributed by atoms with van der Waals surface area (Å²) in [5.41, 5.74) is 4.07. The zero-order valence-corrected chi connectivity index (χ0v) is 9.69. The molecular weight excluding hydrogens is 262 g/mol. The average molecular weight is 275 g/mol. The standard InChI is InChI=1S/C15H11N3.Ca.2H/c1-4-12(10-16-7-1)14-6-3-9-18-15(14)13-5-2-8-17-11-13;;;/h1-11H;;;. The second-order valence-electron chi connectivity index (χ2n) is 3.88. The molecule has 0 saturated heterocycles. The molecule has 3 heterocycles. The molecule has 0 atom stereocenters. The van der Waals surface area contributed by atoms with Gasteiger partial charge in [-0.05, 0) is 24.3 Å². The van der Waals surface area contributed by atoms with E-state index in [4.69, 9.17) is 0 Å². The van der Waals surface area contributed by atoms with Crippen LogP contribution < -0.4 is 0 Å². The maximum absolute atomic E-state index is 4.46. The van der Waals surface area contributed by atoms with Gasteiger partial charge in [0.1, 0.15) is 0 Å². The molecule has 0 amide bonds. The van der Waals surface area contributed by atoms with E-state index < -0.39 is 0 Å². The van der Waals surface area contributed by atoms with Crippen LogP contribution in [0.2, 0.25) is 0 Å². The van der Waals surface area contributed by atoms with Gasteiger partial charge in [-0.25, -0.2) is 0 Å². The van der Waals surface area contributed by atoms with Crippen LogP contribution in [0.1, 0.15) is 0 Å². The fourth-order valence-electron chi connectivity index (χ4n) is 1.89. The first kappa shape index (κ1) is 14.1. The van der Waals surface area contributed by atoms with Gasteiger partial charge in [0.25, 0.3) is 0 Å². The molecular formula is C15H13CaN3. The smallest absolute Gasteiger partial charge is 0.0796 e. The van der Waals surface area contributed by atoms with E-state index in [-0.39, 0.29) is 37.7 Å². The first-order valence-electron chi connectivity index (χ1n) is 5.71. The van der Waals surface area contributed by atoms with Gasteiger partial charge in [-0.1, -0.05) is 12.1 Å². The summed E-state index contributed by atoms with van der Waals surface area (Å²) in [4.78, 5) is 12.8. The molecule has 3 aromatic heterocycles. The van der Waals surface area contributed by atoms with Crippen LogP contribution in [0.3, 0.4) is 0 Å². The van der Waals surface area contributed by atoms with Gasteiger partial charge in [0.05, 0.1) is 5.69 Å². The van der Waals surface area contributed by atoms with Crippen molar-refractivity contribution in [1.29, 1.82) is 0 Å². The van der Waals surface area contributed by atoms with E-state index in [0.29, 0.717) is 0 Å². The van der Waals surface area contributed by atoms with Crippen LogP contribution in [-0.4, -0.2) is 52.7 Å². The summed E-state index contributed by atoms with van der Waals surface area (Å²) in [7, 11) is 0. The zero-order chi connectivity index (χ0) is 12.2. The van der Waals surface area contributed by atoms with Gasteiger partial charge in [0, 0.05) is 47.7 Å². The van der Waals surface area contributed by atoms with E-state index in [9.17, 15) is 0 Å². The van der Waals surface area contributed by atoms with E-state index in [1.807, 2.05) is 48.8 Å². The number of rotatable bonds is 2. The Labute approximate surface area is 141 Å². The van der Waals surface area contributed by atoms with Crippen LogP contribution in [-0.2, 0) is 0 Å². The van der Waals surface area contributed by atoms with Crippen molar-refractivity contribution in [3.05, 3.63) is 67.4 Å². The Morgan fingerprint density at radius 3 is 1.95 bits per heavy atom. The second kappa shape index (κ2) is 6.75. The minimum atomic E-state index is 0. The van der Waals surface area contributed by atoms with E-state index in [0.717, 1.165) is 22.4 Å². The van der Waals surface area contributed by atoms with Crippen molar-refractivity contribution < 1.29 is 0 Å². The minimum absolute atomic E-state index is 0. The Balaban J connectivity index is 0.00000133. The molecule has 3 rings (SSSR count). The van der Waals surface area contributed by atoms with Crippen LogP contribution in [0.15, 0.2) is 67.4 Å². The quantitative estimate of drug-likeness (QED) is 0.674. The fraction of sp³-hybridized carbons (Fsp3) is 0. The van der Waals surface area contributed by atoms with Crippen LogP contribution in [0.5, 0.6) is 0 Å². The molecule has 0 aromatic carbocycles. The van der Waals surface area contributed by atoms with Crippen LogP contribution in [0.25, 0.3) is 22.4 Å². The Kier molecular flexibility index (Phi) is 5.02. The molecule has 0 spiro atoms. The van der Waals surface area contributed by atoms with Gasteiger partial charge < -0.3 is 0 Å².